The average Bonchev–Trinajstić information content (AvgIpc) is 2.64. The molecule has 88 valence electrons. The molecule has 0 fully saturated rings. The zero-order valence-electron chi connectivity index (χ0n) is 10.2. The van der Waals surface area contributed by atoms with Gasteiger partial charge in [0.05, 0.1) is 0 Å². The highest BCUT2D eigenvalue weighted by Gasteiger charge is 2.26. The Hall–Kier alpha value is -1.09. The van der Waals surface area contributed by atoms with Gasteiger partial charge in [0.1, 0.15) is 5.82 Å². The van der Waals surface area contributed by atoms with Crippen molar-refractivity contribution in [1.29, 1.82) is 0 Å². The number of hydrogen-bond donors (Lipinski definition) is 1. The standard InChI is InChI=1S/C13H19FN2/c1-9-4-5-11-12(13(9)14)10(8-15-11)6-7-16(2)3/h4-5,10,15H,6-8H2,1-3H3/t10-/m0/s1. The number of nitrogens with one attached hydrogen (secondary N) is 1. The van der Waals surface area contributed by atoms with Crippen LogP contribution >= 0.6 is 0 Å². The van der Waals surface area contributed by atoms with Gasteiger partial charge >= 0.3 is 0 Å². The second-order valence-electron chi connectivity index (χ2n) is 4.83. The van der Waals surface area contributed by atoms with Gasteiger partial charge in [-0.2, -0.15) is 0 Å². The number of benzene rings is 1. The average molecular weight is 222 g/mol. The molecule has 0 aliphatic carbocycles. The number of fused-ring (bicyclic) bond motifs is 1. The summed E-state index contributed by atoms with van der Waals surface area (Å²) in [5.41, 5.74) is 2.62. The summed E-state index contributed by atoms with van der Waals surface area (Å²) in [5.74, 6) is 0.295. The van der Waals surface area contributed by atoms with Crippen LogP contribution in [0.5, 0.6) is 0 Å². The predicted octanol–water partition coefficient (Wildman–Crippen LogP) is 2.59. The minimum Gasteiger partial charge on any atom is -0.384 e. The zero-order valence-corrected chi connectivity index (χ0v) is 10.2. The molecular formula is C13H19FN2. The first-order valence-corrected chi connectivity index (χ1v) is 5.77. The van der Waals surface area contributed by atoms with Crippen LogP contribution in [0.2, 0.25) is 0 Å². The minimum atomic E-state index is -0.0220. The molecule has 0 saturated carbocycles. The van der Waals surface area contributed by atoms with Crippen molar-refractivity contribution < 1.29 is 4.39 Å². The van der Waals surface area contributed by atoms with Crippen LogP contribution in [0.4, 0.5) is 10.1 Å². The molecule has 16 heavy (non-hydrogen) atoms. The van der Waals surface area contributed by atoms with Crippen molar-refractivity contribution in [2.45, 2.75) is 19.3 Å². The summed E-state index contributed by atoms with van der Waals surface area (Å²) in [5, 5.41) is 3.28. The van der Waals surface area contributed by atoms with Crippen LogP contribution in [0.1, 0.15) is 23.5 Å². The Morgan fingerprint density at radius 1 is 1.44 bits per heavy atom. The Morgan fingerprint density at radius 3 is 2.88 bits per heavy atom. The van der Waals surface area contributed by atoms with E-state index in [1.54, 1.807) is 0 Å². The van der Waals surface area contributed by atoms with Crippen LogP contribution in [0.15, 0.2) is 12.1 Å². The molecule has 0 amide bonds. The fraction of sp³-hybridized carbons (Fsp3) is 0.538. The van der Waals surface area contributed by atoms with Gasteiger partial charge in [0, 0.05) is 23.7 Å². The van der Waals surface area contributed by atoms with E-state index in [0.717, 1.165) is 36.3 Å². The Bertz CT molecular complexity index is 388. The molecule has 2 rings (SSSR count). The molecule has 1 N–H and O–H groups in total. The van der Waals surface area contributed by atoms with Crippen LogP contribution in [-0.2, 0) is 0 Å². The van der Waals surface area contributed by atoms with E-state index in [4.69, 9.17) is 0 Å². The molecule has 1 heterocycles. The molecule has 0 spiro atoms. The van der Waals surface area contributed by atoms with Crippen molar-refractivity contribution in [3.63, 3.8) is 0 Å². The van der Waals surface area contributed by atoms with E-state index in [9.17, 15) is 4.39 Å². The van der Waals surface area contributed by atoms with Crippen molar-refractivity contribution in [2.24, 2.45) is 0 Å². The van der Waals surface area contributed by atoms with Crippen molar-refractivity contribution >= 4 is 5.69 Å². The summed E-state index contributed by atoms with van der Waals surface area (Å²) < 4.78 is 14.0. The Morgan fingerprint density at radius 2 is 2.19 bits per heavy atom. The van der Waals surface area contributed by atoms with Gasteiger partial charge in [-0.3, -0.25) is 0 Å². The zero-order chi connectivity index (χ0) is 11.7. The molecular weight excluding hydrogens is 203 g/mol. The van der Waals surface area contributed by atoms with Crippen LogP contribution in [-0.4, -0.2) is 32.1 Å². The van der Waals surface area contributed by atoms with Gasteiger partial charge in [0.15, 0.2) is 0 Å². The van der Waals surface area contributed by atoms with Gasteiger partial charge in [0.2, 0.25) is 0 Å². The molecule has 0 saturated heterocycles. The van der Waals surface area contributed by atoms with Gasteiger partial charge in [-0.25, -0.2) is 4.39 Å². The normalized spacial score (nSPS) is 18.7. The Balaban J connectivity index is 2.21. The third-order valence-electron chi connectivity index (χ3n) is 3.24. The lowest BCUT2D eigenvalue weighted by molar-refractivity contribution is 0.383. The fourth-order valence-corrected chi connectivity index (χ4v) is 2.25. The molecule has 0 aromatic heterocycles. The Kier molecular flexibility index (Phi) is 3.15. The summed E-state index contributed by atoms with van der Waals surface area (Å²) in [7, 11) is 4.10. The molecule has 2 nitrogen and oxygen atoms in total. The molecule has 0 unspecified atom stereocenters. The molecule has 0 bridgehead atoms. The molecule has 1 aliphatic rings. The second-order valence-corrected chi connectivity index (χ2v) is 4.83. The van der Waals surface area contributed by atoms with Gasteiger partial charge in [0.25, 0.3) is 0 Å². The first kappa shape index (κ1) is 11.4. The third kappa shape index (κ3) is 2.05. The van der Waals surface area contributed by atoms with Crippen LogP contribution in [0.3, 0.4) is 0 Å². The molecule has 1 aliphatic heterocycles. The van der Waals surface area contributed by atoms with Crippen LogP contribution in [0.25, 0.3) is 0 Å². The summed E-state index contributed by atoms with van der Waals surface area (Å²) in [6, 6.07) is 3.83. The van der Waals surface area contributed by atoms with E-state index in [0.29, 0.717) is 5.92 Å². The minimum absolute atomic E-state index is 0.0220. The summed E-state index contributed by atoms with van der Waals surface area (Å²) >= 11 is 0. The topological polar surface area (TPSA) is 15.3 Å². The lowest BCUT2D eigenvalue weighted by Gasteiger charge is -2.15. The lowest BCUT2D eigenvalue weighted by atomic mass is 9.95. The first-order chi connectivity index (χ1) is 7.59. The van der Waals surface area contributed by atoms with Crippen molar-refractivity contribution in [3.8, 4) is 0 Å². The number of rotatable bonds is 3. The molecule has 0 radical (unpaired) electrons. The predicted molar refractivity (Wildman–Crippen MR) is 65.5 cm³/mol. The maximum atomic E-state index is 14.0. The third-order valence-corrected chi connectivity index (χ3v) is 3.24. The highest BCUT2D eigenvalue weighted by atomic mass is 19.1. The number of hydrogen-bond acceptors (Lipinski definition) is 2. The number of halogens is 1. The molecule has 3 heteroatoms. The van der Waals surface area contributed by atoms with E-state index in [1.165, 1.54) is 0 Å². The van der Waals surface area contributed by atoms with E-state index in [1.807, 2.05) is 19.1 Å². The monoisotopic (exact) mass is 222 g/mol. The van der Waals surface area contributed by atoms with E-state index in [2.05, 4.69) is 24.3 Å². The molecule has 1 aromatic carbocycles. The van der Waals surface area contributed by atoms with Gasteiger partial charge < -0.3 is 10.2 Å². The smallest absolute Gasteiger partial charge is 0.131 e. The van der Waals surface area contributed by atoms with Crippen molar-refractivity contribution in [2.75, 3.05) is 32.5 Å². The number of nitrogens with zero attached hydrogens (tertiary/aromatic N) is 1. The van der Waals surface area contributed by atoms with Gasteiger partial charge in [-0.1, -0.05) is 6.07 Å². The summed E-state index contributed by atoms with van der Waals surface area (Å²) in [4.78, 5) is 2.14. The van der Waals surface area contributed by atoms with Crippen molar-refractivity contribution in [1.82, 2.24) is 4.90 Å². The number of aryl methyl sites for hydroxylation is 1. The summed E-state index contributed by atoms with van der Waals surface area (Å²) in [6.07, 6.45) is 1.01. The van der Waals surface area contributed by atoms with E-state index < -0.39 is 0 Å². The quantitative estimate of drug-likeness (QED) is 0.845. The maximum Gasteiger partial charge on any atom is 0.131 e. The highest BCUT2D eigenvalue weighted by molar-refractivity contribution is 5.59. The van der Waals surface area contributed by atoms with Crippen molar-refractivity contribution in [3.05, 3.63) is 29.1 Å². The fourth-order valence-electron chi connectivity index (χ4n) is 2.25. The summed E-state index contributed by atoms with van der Waals surface area (Å²) in [6.45, 7) is 3.69. The highest BCUT2D eigenvalue weighted by Crippen LogP contribution is 2.36. The van der Waals surface area contributed by atoms with E-state index in [-0.39, 0.29) is 5.82 Å². The van der Waals surface area contributed by atoms with Crippen LogP contribution < -0.4 is 5.32 Å². The molecule has 1 atom stereocenters. The molecule has 1 aromatic rings. The van der Waals surface area contributed by atoms with E-state index >= 15 is 0 Å². The maximum absolute atomic E-state index is 14.0. The first-order valence-electron chi connectivity index (χ1n) is 5.77. The number of anilines is 1. The SMILES string of the molecule is Cc1ccc2c(c1F)[C@@H](CCN(C)C)CN2. The van der Waals surface area contributed by atoms with Crippen LogP contribution in [0, 0.1) is 12.7 Å². The lowest BCUT2D eigenvalue weighted by Crippen LogP contribution is -2.17. The Labute approximate surface area is 96.5 Å². The largest absolute Gasteiger partial charge is 0.384 e. The second kappa shape index (κ2) is 4.42. The van der Waals surface area contributed by atoms with Gasteiger partial charge in [-0.15, -0.1) is 0 Å². The van der Waals surface area contributed by atoms with Gasteiger partial charge in [-0.05, 0) is 45.6 Å².